The van der Waals surface area contributed by atoms with Gasteiger partial charge in [-0.1, -0.05) is 18.0 Å². The van der Waals surface area contributed by atoms with E-state index >= 15 is 0 Å². The molecule has 2 aliphatic rings. The first-order chi connectivity index (χ1) is 11.6. The first-order valence-corrected chi connectivity index (χ1v) is 9.04. The smallest absolute Gasteiger partial charge is 0.255 e. The molecule has 2 fully saturated rings. The van der Waals surface area contributed by atoms with Crippen LogP contribution < -0.4 is 0 Å². The molecule has 2 heterocycles. The maximum Gasteiger partial charge on any atom is 0.255 e. The molecule has 0 unspecified atom stereocenters. The standard InChI is InChI=1S/C18H24ClFN2O2/c19-17-5-4-15(20)8-16(17)18(24)22-10-13(14(11-22)12-23)9-21-6-2-1-3-7-21/h4-5,8,13-14,23H,1-3,6-7,9-12H2/t13-,14-/m1/s1. The fraction of sp³-hybridized carbons (Fsp3) is 0.611. The van der Waals surface area contributed by atoms with Crippen LogP contribution in [-0.2, 0) is 0 Å². The topological polar surface area (TPSA) is 43.8 Å². The summed E-state index contributed by atoms with van der Waals surface area (Å²) in [6.07, 6.45) is 3.73. The monoisotopic (exact) mass is 354 g/mol. The van der Waals surface area contributed by atoms with E-state index in [-0.39, 0.29) is 34.9 Å². The predicted octanol–water partition coefficient (Wildman–Crippen LogP) is 2.65. The number of rotatable bonds is 4. The van der Waals surface area contributed by atoms with Gasteiger partial charge in [0, 0.05) is 32.2 Å². The minimum absolute atomic E-state index is 0.0686. The number of carbonyl (C=O) groups excluding carboxylic acids is 1. The van der Waals surface area contributed by atoms with Crippen LogP contribution in [0.2, 0.25) is 5.02 Å². The number of amides is 1. The van der Waals surface area contributed by atoms with Crippen molar-refractivity contribution in [2.75, 3.05) is 39.3 Å². The van der Waals surface area contributed by atoms with E-state index in [1.807, 2.05) is 0 Å². The molecule has 0 saturated carbocycles. The van der Waals surface area contributed by atoms with E-state index in [9.17, 15) is 14.3 Å². The molecule has 2 aliphatic heterocycles. The zero-order valence-electron chi connectivity index (χ0n) is 13.8. The number of halogens is 2. The highest BCUT2D eigenvalue weighted by atomic mass is 35.5. The average molecular weight is 355 g/mol. The van der Waals surface area contributed by atoms with Crippen LogP contribution in [0, 0.1) is 17.7 Å². The second kappa shape index (κ2) is 7.81. The summed E-state index contributed by atoms with van der Waals surface area (Å²) in [4.78, 5) is 16.8. The van der Waals surface area contributed by atoms with Crippen LogP contribution in [0.3, 0.4) is 0 Å². The SMILES string of the molecule is O=C(c1cc(F)ccc1Cl)N1C[C@@H](CN2CCCCC2)[C@@H](CO)C1. The molecule has 1 amide bonds. The van der Waals surface area contributed by atoms with Gasteiger partial charge in [0.2, 0.25) is 0 Å². The van der Waals surface area contributed by atoms with Gasteiger partial charge in [0.05, 0.1) is 10.6 Å². The van der Waals surface area contributed by atoms with Gasteiger partial charge in [-0.05, 0) is 50.0 Å². The third-order valence-electron chi connectivity index (χ3n) is 5.20. The molecule has 6 heteroatoms. The van der Waals surface area contributed by atoms with E-state index in [0.29, 0.717) is 13.1 Å². The largest absolute Gasteiger partial charge is 0.396 e. The first-order valence-electron chi connectivity index (χ1n) is 8.66. The van der Waals surface area contributed by atoms with Gasteiger partial charge in [0.1, 0.15) is 5.82 Å². The quantitative estimate of drug-likeness (QED) is 0.904. The van der Waals surface area contributed by atoms with Crippen molar-refractivity contribution in [3.8, 4) is 0 Å². The molecule has 0 spiro atoms. The predicted molar refractivity (Wildman–Crippen MR) is 91.7 cm³/mol. The Morgan fingerprint density at radius 3 is 2.62 bits per heavy atom. The van der Waals surface area contributed by atoms with Gasteiger partial charge >= 0.3 is 0 Å². The number of aliphatic hydroxyl groups is 1. The Hall–Kier alpha value is -1.17. The van der Waals surface area contributed by atoms with Crippen molar-refractivity contribution in [1.29, 1.82) is 0 Å². The van der Waals surface area contributed by atoms with Gasteiger partial charge in [0.25, 0.3) is 5.91 Å². The van der Waals surface area contributed by atoms with E-state index < -0.39 is 5.82 Å². The van der Waals surface area contributed by atoms with Crippen LogP contribution in [0.5, 0.6) is 0 Å². The Labute approximate surface area is 147 Å². The van der Waals surface area contributed by atoms with Crippen molar-refractivity contribution in [2.45, 2.75) is 19.3 Å². The normalized spacial score (nSPS) is 25.2. The fourth-order valence-corrected chi connectivity index (χ4v) is 4.02. The number of aliphatic hydroxyl groups excluding tert-OH is 1. The van der Waals surface area contributed by atoms with E-state index in [2.05, 4.69) is 4.90 Å². The molecule has 0 aliphatic carbocycles. The molecular formula is C18H24ClFN2O2. The third kappa shape index (κ3) is 3.90. The second-order valence-electron chi connectivity index (χ2n) is 6.90. The lowest BCUT2D eigenvalue weighted by Gasteiger charge is -2.30. The summed E-state index contributed by atoms with van der Waals surface area (Å²) in [6, 6.07) is 3.85. The molecule has 1 aromatic carbocycles. The van der Waals surface area contributed by atoms with E-state index in [4.69, 9.17) is 11.6 Å². The Morgan fingerprint density at radius 1 is 1.21 bits per heavy atom. The lowest BCUT2D eigenvalue weighted by atomic mass is 9.95. The van der Waals surface area contributed by atoms with Gasteiger partial charge in [0.15, 0.2) is 0 Å². The number of piperidine rings is 1. The summed E-state index contributed by atoms with van der Waals surface area (Å²) in [5.74, 6) is -0.391. The number of likely N-dealkylation sites (tertiary alicyclic amines) is 2. The summed E-state index contributed by atoms with van der Waals surface area (Å²) >= 11 is 6.06. The molecule has 1 N–H and O–H groups in total. The summed E-state index contributed by atoms with van der Waals surface area (Å²) in [7, 11) is 0. The average Bonchev–Trinajstić information content (AvgIpc) is 3.00. The number of hydrogen-bond acceptors (Lipinski definition) is 3. The minimum atomic E-state index is -0.467. The highest BCUT2D eigenvalue weighted by Gasteiger charge is 2.36. The third-order valence-corrected chi connectivity index (χ3v) is 5.53. The molecule has 24 heavy (non-hydrogen) atoms. The molecular weight excluding hydrogens is 331 g/mol. The zero-order valence-corrected chi connectivity index (χ0v) is 14.5. The molecule has 0 aromatic heterocycles. The maximum atomic E-state index is 13.4. The summed E-state index contributed by atoms with van der Waals surface area (Å²) in [6.45, 7) is 4.26. The van der Waals surface area contributed by atoms with Crippen LogP contribution in [0.25, 0.3) is 0 Å². The van der Waals surface area contributed by atoms with E-state index in [0.717, 1.165) is 19.6 Å². The Bertz CT molecular complexity index is 592. The van der Waals surface area contributed by atoms with Crippen LogP contribution in [-0.4, -0.2) is 60.1 Å². The molecule has 2 saturated heterocycles. The second-order valence-corrected chi connectivity index (χ2v) is 7.31. The fourth-order valence-electron chi connectivity index (χ4n) is 3.82. The van der Waals surface area contributed by atoms with Gasteiger partial charge in [-0.15, -0.1) is 0 Å². The van der Waals surface area contributed by atoms with Crippen molar-refractivity contribution in [2.24, 2.45) is 11.8 Å². The minimum Gasteiger partial charge on any atom is -0.396 e. The summed E-state index contributed by atoms with van der Waals surface area (Å²) in [5.41, 5.74) is 0.201. The highest BCUT2D eigenvalue weighted by Crippen LogP contribution is 2.28. The van der Waals surface area contributed by atoms with E-state index in [1.54, 1.807) is 4.90 Å². The lowest BCUT2D eigenvalue weighted by Crippen LogP contribution is -2.37. The molecule has 132 valence electrons. The molecule has 2 atom stereocenters. The van der Waals surface area contributed by atoms with Crippen molar-refractivity contribution >= 4 is 17.5 Å². The van der Waals surface area contributed by atoms with Crippen LogP contribution in [0.15, 0.2) is 18.2 Å². The molecule has 0 radical (unpaired) electrons. The van der Waals surface area contributed by atoms with Gasteiger partial charge in [-0.3, -0.25) is 4.79 Å². The Kier molecular flexibility index (Phi) is 5.74. The number of carbonyl (C=O) groups is 1. The number of nitrogens with zero attached hydrogens (tertiary/aromatic N) is 2. The van der Waals surface area contributed by atoms with Crippen molar-refractivity contribution in [1.82, 2.24) is 9.80 Å². The first kappa shape index (κ1) is 17.6. The summed E-state index contributed by atoms with van der Waals surface area (Å²) < 4.78 is 13.4. The van der Waals surface area contributed by atoms with E-state index in [1.165, 1.54) is 37.5 Å². The molecule has 3 rings (SSSR count). The number of hydrogen-bond donors (Lipinski definition) is 1. The molecule has 0 bridgehead atoms. The summed E-state index contributed by atoms with van der Waals surface area (Å²) in [5, 5.41) is 9.96. The van der Waals surface area contributed by atoms with Gasteiger partial charge in [-0.2, -0.15) is 0 Å². The highest BCUT2D eigenvalue weighted by molar-refractivity contribution is 6.33. The Balaban J connectivity index is 1.68. The lowest BCUT2D eigenvalue weighted by molar-refractivity contribution is 0.0778. The Morgan fingerprint density at radius 2 is 1.92 bits per heavy atom. The van der Waals surface area contributed by atoms with Crippen LogP contribution >= 0.6 is 11.6 Å². The van der Waals surface area contributed by atoms with Crippen LogP contribution in [0.1, 0.15) is 29.6 Å². The van der Waals surface area contributed by atoms with Gasteiger partial charge < -0.3 is 14.9 Å². The molecule has 4 nitrogen and oxygen atoms in total. The van der Waals surface area contributed by atoms with Crippen molar-refractivity contribution < 1.29 is 14.3 Å². The maximum absolute atomic E-state index is 13.4. The van der Waals surface area contributed by atoms with Crippen molar-refractivity contribution in [3.63, 3.8) is 0 Å². The molecule has 1 aromatic rings. The van der Waals surface area contributed by atoms with Crippen molar-refractivity contribution in [3.05, 3.63) is 34.6 Å². The van der Waals surface area contributed by atoms with Crippen LogP contribution in [0.4, 0.5) is 4.39 Å². The zero-order chi connectivity index (χ0) is 17.1. The van der Waals surface area contributed by atoms with Gasteiger partial charge in [-0.25, -0.2) is 4.39 Å². The number of benzene rings is 1.